The van der Waals surface area contributed by atoms with Crippen molar-refractivity contribution in [1.29, 1.82) is 0 Å². The van der Waals surface area contributed by atoms with E-state index in [9.17, 15) is 9.18 Å². The van der Waals surface area contributed by atoms with Crippen molar-refractivity contribution >= 4 is 17.5 Å². The molecule has 2 aromatic carbocycles. The predicted octanol–water partition coefficient (Wildman–Crippen LogP) is 2.80. The summed E-state index contributed by atoms with van der Waals surface area (Å²) in [4.78, 5) is 11.9. The first kappa shape index (κ1) is 15.5. The number of hydrogen-bond donors (Lipinski definition) is 2. The van der Waals surface area contributed by atoms with Crippen LogP contribution >= 0.6 is 11.6 Å². The van der Waals surface area contributed by atoms with Gasteiger partial charge in [-0.25, -0.2) is 4.39 Å². The van der Waals surface area contributed by atoms with E-state index in [1.165, 1.54) is 12.1 Å². The molecule has 0 radical (unpaired) electrons. The monoisotopic (exact) mass is 306 g/mol. The fraction of sp³-hybridized carbons (Fsp3) is 0.188. The third-order valence-corrected chi connectivity index (χ3v) is 3.50. The Bertz CT molecular complexity index is 608. The molecule has 0 fully saturated rings. The highest BCUT2D eigenvalue weighted by atomic mass is 35.5. The normalized spacial score (nSPS) is 10.4. The second-order valence-electron chi connectivity index (χ2n) is 4.67. The van der Waals surface area contributed by atoms with Crippen LogP contribution in [-0.4, -0.2) is 5.91 Å². The fourth-order valence-corrected chi connectivity index (χ4v) is 2.15. The number of carbonyl (C=O) groups is 1. The van der Waals surface area contributed by atoms with Gasteiger partial charge in [0.2, 0.25) is 5.91 Å². The van der Waals surface area contributed by atoms with Gasteiger partial charge in [0.05, 0.1) is 6.42 Å². The van der Waals surface area contributed by atoms with Crippen LogP contribution in [0.15, 0.2) is 42.5 Å². The quantitative estimate of drug-likeness (QED) is 0.892. The molecule has 2 rings (SSSR count). The minimum absolute atomic E-state index is 0.0770. The average Bonchev–Trinajstić information content (AvgIpc) is 2.49. The SMILES string of the molecule is NCc1ccc(CNC(=O)Cc2c(F)cccc2Cl)cc1. The first-order chi connectivity index (χ1) is 10.1. The van der Waals surface area contributed by atoms with Crippen LogP contribution in [0.5, 0.6) is 0 Å². The van der Waals surface area contributed by atoms with Crippen LogP contribution in [0.3, 0.4) is 0 Å². The second-order valence-corrected chi connectivity index (χ2v) is 5.08. The Balaban J connectivity index is 1.92. The van der Waals surface area contributed by atoms with Gasteiger partial charge in [0, 0.05) is 23.7 Å². The molecule has 0 saturated heterocycles. The van der Waals surface area contributed by atoms with Gasteiger partial charge in [0.15, 0.2) is 0 Å². The second kappa shape index (κ2) is 7.20. The van der Waals surface area contributed by atoms with Gasteiger partial charge >= 0.3 is 0 Å². The van der Waals surface area contributed by atoms with Crippen LogP contribution in [0.4, 0.5) is 4.39 Å². The minimum atomic E-state index is -0.468. The lowest BCUT2D eigenvalue weighted by atomic mass is 10.1. The highest BCUT2D eigenvalue weighted by molar-refractivity contribution is 6.31. The molecule has 0 aliphatic heterocycles. The fourth-order valence-electron chi connectivity index (χ4n) is 1.92. The van der Waals surface area contributed by atoms with Gasteiger partial charge in [-0.15, -0.1) is 0 Å². The summed E-state index contributed by atoms with van der Waals surface area (Å²) >= 11 is 5.89. The summed E-state index contributed by atoms with van der Waals surface area (Å²) in [5.74, 6) is -0.741. The summed E-state index contributed by atoms with van der Waals surface area (Å²) in [5, 5.41) is 3.01. The molecule has 5 heteroatoms. The maximum absolute atomic E-state index is 13.6. The lowest BCUT2D eigenvalue weighted by Gasteiger charge is -2.08. The molecule has 0 aliphatic rings. The Morgan fingerprint density at radius 3 is 2.43 bits per heavy atom. The Kier molecular flexibility index (Phi) is 5.31. The molecule has 21 heavy (non-hydrogen) atoms. The van der Waals surface area contributed by atoms with E-state index in [1.807, 2.05) is 24.3 Å². The van der Waals surface area contributed by atoms with Crippen molar-refractivity contribution in [3.63, 3.8) is 0 Å². The molecule has 1 amide bonds. The summed E-state index contributed by atoms with van der Waals surface area (Å²) in [6.07, 6.45) is -0.0770. The van der Waals surface area contributed by atoms with Crippen molar-refractivity contribution in [2.75, 3.05) is 0 Å². The molecule has 2 aromatic rings. The van der Waals surface area contributed by atoms with Crippen molar-refractivity contribution in [1.82, 2.24) is 5.32 Å². The number of nitrogens with one attached hydrogen (secondary N) is 1. The number of halogens is 2. The highest BCUT2D eigenvalue weighted by Gasteiger charge is 2.11. The molecule has 0 heterocycles. The Hall–Kier alpha value is -1.91. The number of carbonyl (C=O) groups excluding carboxylic acids is 1. The first-order valence-corrected chi connectivity index (χ1v) is 6.95. The molecular weight excluding hydrogens is 291 g/mol. The lowest BCUT2D eigenvalue weighted by Crippen LogP contribution is -2.25. The summed E-state index contributed by atoms with van der Waals surface area (Å²) < 4.78 is 13.6. The van der Waals surface area contributed by atoms with Crippen molar-refractivity contribution in [3.8, 4) is 0 Å². The van der Waals surface area contributed by atoms with Crippen molar-refractivity contribution in [2.24, 2.45) is 5.73 Å². The summed E-state index contributed by atoms with van der Waals surface area (Å²) in [6.45, 7) is 0.869. The molecule has 0 atom stereocenters. The predicted molar refractivity (Wildman–Crippen MR) is 81.3 cm³/mol. The van der Waals surface area contributed by atoms with E-state index in [-0.39, 0.29) is 22.9 Å². The molecule has 0 unspecified atom stereocenters. The average molecular weight is 307 g/mol. The van der Waals surface area contributed by atoms with E-state index in [1.54, 1.807) is 6.07 Å². The topological polar surface area (TPSA) is 55.1 Å². The van der Waals surface area contributed by atoms with Gasteiger partial charge in [0.1, 0.15) is 5.82 Å². The summed E-state index contributed by atoms with van der Waals surface area (Å²) in [5.41, 5.74) is 7.73. The van der Waals surface area contributed by atoms with Gasteiger partial charge < -0.3 is 11.1 Å². The van der Waals surface area contributed by atoms with E-state index in [0.717, 1.165) is 11.1 Å². The van der Waals surface area contributed by atoms with Gasteiger partial charge in [-0.2, -0.15) is 0 Å². The molecule has 0 aromatic heterocycles. The third-order valence-electron chi connectivity index (χ3n) is 3.15. The van der Waals surface area contributed by atoms with Gasteiger partial charge in [-0.05, 0) is 23.3 Å². The third kappa shape index (κ3) is 4.28. The largest absolute Gasteiger partial charge is 0.352 e. The zero-order valence-electron chi connectivity index (χ0n) is 11.4. The number of hydrogen-bond acceptors (Lipinski definition) is 2. The van der Waals surface area contributed by atoms with Crippen molar-refractivity contribution in [2.45, 2.75) is 19.5 Å². The minimum Gasteiger partial charge on any atom is -0.352 e. The zero-order chi connectivity index (χ0) is 15.2. The van der Waals surface area contributed by atoms with E-state index < -0.39 is 5.82 Å². The van der Waals surface area contributed by atoms with E-state index in [2.05, 4.69) is 5.32 Å². The number of benzene rings is 2. The van der Waals surface area contributed by atoms with Crippen LogP contribution in [0.1, 0.15) is 16.7 Å². The molecule has 0 saturated carbocycles. The van der Waals surface area contributed by atoms with Crippen LogP contribution in [0.2, 0.25) is 5.02 Å². The Labute approximate surface area is 127 Å². The standard InChI is InChI=1S/C16H16ClFN2O/c17-14-2-1-3-15(18)13(14)8-16(21)20-10-12-6-4-11(9-19)5-7-12/h1-7H,8-10,19H2,(H,20,21). The van der Waals surface area contributed by atoms with Crippen molar-refractivity contribution in [3.05, 3.63) is 70.0 Å². The molecule has 3 N–H and O–H groups in total. The molecule has 0 aliphatic carbocycles. The Morgan fingerprint density at radius 2 is 1.81 bits per heavy atom. The highest BCUT2D eigenvalue weighted by Crippen LogP contribution is 2.19. The smallest absolute Gasteiger partial charge is 0.224 e. The first-order valence-electron chi connectivity index (χ1n) is 6.57. The zero-order valence-corrected chi connectivity index (χ0v) is 12.2. The summed E-state index contributed by atoms with van der Waals surface area (Å²) in [6, 6.07) is 12.0. The molecule has 0 bridgehead atoms. The van der Waals surface area contributed by atoms with E-state index in [4.69, 9.17) is 17.3 Å². The van der Waals surface area contributed by atoms with Crippen LogP contribution in [0.25, 0.3) is 0 Å². The maximum atomic E-state index is 13.6. The van der Waals surface area contributed by atoms with Crippen LogP contribution in [-0.2, 0) is 24.3 Å². The van der Waals surface area contributed by atoms with Crippen LogP contribution in [0, 0.1) is 5.82 Å². The molecule has 3 nitrogen and oxygen atoms in total. The number of rotatable bonds is 5. The van der Waals surface area contributed by atoms with Gasteiger partial charge in [-0.3, -0.25) is 4.79 Å². The van der Waals surface area contributed by atoms with Crippen molar-refractivity contribution < 1.29 is 9.18 Å². The van der Waals surface area contributed by atoms with Crippen LogP contribution < -0.4 is 11.1 Å². The molecular formula is C16H16ClFN2O. The number of nitrogens with two attached hydrogens (primary N) is 1. The van der Waals surface area contributed by atoms with E-state index in [0.29, 0.717) is 13.1 Å². The molecule has 110 valence electrons. The number of amides is 1. The Morgan fingerprint density at radius 1 is 1.14 bits per heavy atom. The van der Waals surface area contributed by atoms with E-state index >= 15 is 0 Å². The summed E-state index contributed by atoms with van der Waals surface area (Å²) in [7, 11) is 0. The molecule has 0 spiro atoms. The van der Waals surface area contributed by atoms with Gasteiger partial charge in [0.25, 0.3) is 0 Å². The van der Waals surface area contributed by atoms with Gasteiger partial charge in [-0.1, -0.05) is 41.9 Å². The maximum Gasteiger partial charge on any atom is 0.224 e. The lowest BCUT2D eigenvalue weighted by molar-refractivity contribution is -0.120.